The van der Waals surface area contributed by atoms with Crippen LogP contribution >= 0.6 is 0 Å². The molecule has 8 nitrogen and oxygen atoms in total. The van der Waals surface area contributed by atoms with Gasteiger partial charge in [-0.2, -0.15) is 4.98 Å². The fraction of sp³-hybridized carbons (Fsp3) is 0.0455. The Balaban J connectivity index is 1.46. The van der Waals surface area contributed by atoms with E-state index in [0.717, 1.165) is 24.3 Å². The Morgan fingerprint density at radius 1 is 0.939 bits per heavy atom. The van der Waals surface area contributed by atoms with Crippen molar-refractivity contribution in [2.45, 2.75) is 11.5 Å². The highest BCUT2D eigenvalue weighted by molar-refractivity contribution is 7.92. The molecular formula is C22H15F2N3O5S. The Morgan fingerprint density at radius 2 is 1.58 bits per heavy atom. The van der Waals surface area contributed by atoms with Crippen molar-refractivity contribution < 1.29 is 31.3 Å². The summed E-state index contributed by atoms with van der Waals surface area (Å²) in [5.41, 5.74) is 0.434. The molecule has 4 rings (SSSR count). The van der Waals surface area contributed by atoms with Crippen molar-refractivity contribution >= 4 is 21.7 Å². The summed E-state index contributed by atoms with van der Waals surface area (Å²) >= 11 is 0. The Hall–Kier alpha value is -4.12. The fourth-order valence-electron chi connectivity index (χ4n) is 2.80. The van der Waals surface area contributed by atoms with E-state index < -0.39 is 27.6 Å². The number of rotatable bonds is 7. The topological polar surface area (TPSA) is 111 Å². The summed E-state index contributed by atoms with van der Waals surface area (Å²) in [7, 11) is -4.08. The lowest BCUT2D eigenvalue weighted by Crippen LogP contribution is -2.16. The molecule has 168 valence electrons. The Labute approximate surface area is 186 Å². The maximum atomic E-state index is 13.1. The second-order valence-electron chi connectivity index (χ2n) is 6.70. The van der Waals surface area contributed by atoms with Gasteiger partial charge in [-0.25, -0.2) is 22.0 Å². The van der Waals surface area contributed by atoms with Crippen LogP contribution in [0.15, 0.2) is 82.2 Å². The summed E-state index contributed by atoms with van der Waals surface area (Å²) in [5, 5.41) is 3.75. The molecule has 0 saturated carbocycles. The van der Waals surface area contributed by atoms with Crippen LogP contribution in [0.5, 0.6) is 0 Å². The number of esters is 1. The fourth-order valence-corrected chi connectivity index (χ4v) is 3.88. The third-order valence-corrected chi connectivity index (χ3v) is 5.79. The van der Waals surface area contributed by atoms with Crippen LogP contribution in [0, 0.1) is 11.6 Å². The summed E-state index contributed by atoms with van der Waals surface area (Å²) in [6, 6.07) is 15.5. The molecule has 4 aromatic rings. The average molecular weight is 471 g/mol. The normalized spacial score (nSPS) is 11.2. The van der Waals surface area contributed by atoms with Gasteiger partial charge in [0.2, 0.25) is 5.82 Å². The van der Waals surface area contributed by atoms with E-state index in [1.54, 1.807) is 0 Å². The smallest absolute Gasteiger partial charge is 0.340 e. The number of hydrogen-bond donors (Lipinski definition) is 1. The van der Waals surface area contributed by atoms with Crippen molar-refractivity contribution in [3.63, 3.8) is 0 Å². The van der Waals surface area contributed by atoms with Crippen LogP contribution in [-0.4, -0.2) is 24.5 Å². The first kappa shape index (κ1) is 22.1. The molecule has 0 fully saturated rings. The van der Waals surface area contributed by atoms with E-state index in [1.807, 2.05) is 0 Å². The van der Waals surface area contributed by atoms with Crippen molar-refractivity contribution in [2.75, 3.05) is 4.72 Å². The first-order chi connectivity index (χ1) is 15.8. The first-order valence-corrected chi connectivity index (χ1v) is 10.9. The third kappa shape index (κ3) is 5.21. The van der Waals surface area contributed by atoms with E-state index in [2.05, 4.69) is 14.9 Å². The monoisotopic (exact) mass is 471 g/mol. The van der Waals surface area contributed by atoms with Gasteiger partial charge in [0.1, 0.15) is 11.6 Å². The Morgan fingerprint density at radius 3 is 2.27 bits per heavy atom. The zero-order chi connectivity index (χ0) is 23.4. The zero-order valence-electron chi connectivity index (χ0n) is 16.7. The molecule has 11 heteroatoms. The molecule has 0 amide bonds. The minimum atomic E-state index is -4.08. The SMILES string of the molecule is O=C(OCc1nc(-c2ccc(F)cc2)no1)c1ccccc1NS(=O)(=O)c1ccc(F)cc1. The number of carbonyl (C=O) groups is 1. The molecule has 0 aliphatic rings. The van der Waals surface area contributed by atoms with E-state index in [-0.39, 0.29) is 34.5 Å². The molecule has 0 spiro atoms. The Bertz CT molecular complexity index is 1390. The van der Waals surface area contributed by atoms with Gasteiger partial charge in [-0.3, -0.25) is 4.72 Å². The largest absolute Gasteiger partial charge is 0.452 e. The molecule has 0 aliphatic heterocycles. The number of nitrogens with one attached hydrogen (secondary N) is 1. The van der Waals surface area contributed by atoms with Gasteiger partial charge in [0.25, 0.3) is 15.9 Å². The molecule has 0 bridgehead atoms. The number of ether oxygens (including phenoxy) is 1. The summed E-state index contributed by atoms with van der Waals surface area (Å²) in [6.07, 6.45) is 0. The zero-order valence-corrected chi connectivity index (χ0v) is 17.6. The molecule has 0 unspecified atom stereocenters. The van der Waals surface area contributed by atoms with E-state index in [4.69, 9.17) is 9.26 Å². The van der Waals surface area contributed by atoms with Crippen LogP contribution < -0.4 is 4.72 Å². The third-order valence-electron chi connectivity index (χ3n) is 4.41. The Kier molecular flexibility index (Phi) is 6.13. The number of hydrogen-bond acceptors (Lipinski definition) is 7. The first-order valence-electron chi connectivity index (χ1n) is 9.45. The quantitative estimate of drug-likeness (QED) is 0.403. The van der Waals surface area contributed by atoms with Gasteiger partial charge in [-0.15, -0.1) is 0 Å². The standard InChI is InChI=1S/C22H15F2N3O5S/c23-15-7-5-14(6-8-15)21-25-20(32-26-21)13-31-22(28)18-3-1-2-4-19(18)27-33(29,30)17-11-9-16(24)10-12-17/h1-12,27H,13H2. The van der Waals surface area contributed by atoms with Gasteiger partial charge in [-0.05, 0) is 60.7 Å². The van der Waals surface area contributed by atoms with Gasteiger partial charge in [-0.1, -0.05) is 17.3 Å². The molecular weight excluding hydrogens is 456 g/mol. The molecule has 1 heterocycles. The van der Waals surface area contributed by atoms with Gasteiger partial charge in [0, 0.05) is 5.56 Å². The van der Waals surface area contributed by atoms with Gasteiger partial charge in [0.15, 0.2) is 6.61 Å². The van der Waals surface area contributed by atoms with Crippen molar-refractivity contribution in [3.8, 4) is 11.4 Å². The number of anilines is 1. The second kappa shape index (κ2) is 9.17. The summed E-state index contributed by atoms with van der Waals surface area (Å²) in [6.45, 7) is -0.369. The highest BCUT2D eigenvalue weighted by Crippen LogP contribution is 2.22. The minimum Gasteiger partial charge on any atom is -0.452 e. The van der Waals surface area contributed by atoms with Crippen molar-refractivity contribution in [2.24, 2.45) is 0 Å². The van der Waals surface area contributed by atoms with E-state index >= 15 is 0 Å². The number of aromatic nitrogens is 2. The van der Waals surface area contributed by atoms with Crippen LogP contribution in [-0.2, 0) is 21.4 Å². The van der Waals surface area contributed by atoms with E-state index in [1.165, 1.54) is 48.5 Å². The molecule has 0 atom stereocenters. The van der Waals surface area contributed by atoms with Gasteiger partial charge in [0.05, 0.1) is 16.1 Å². The van der Waals surface area contributed by atoms with Crippen LogP contribution in [0.3, 0.4) is 0 Å². The molecule has 0 saturated heterocycles. The average Bonchev–Trinajstić information content (AvgIpc) is 3.27. The number of nitrogens with zero attached hydrogens (tertiary/aromatic N) is 2. The van der Waals surface area contributed by atoms with Gasteiger partial charge >= 0.3 is 5.97 Å². The van der Waals surface area contributed by atoms with Crippen LogP contribution in [0.1, 0.15) is 16.2 Å². The molecule has 1 aromatic heterocycles. The predicted octanol–water partition coefficient (Wildman–Crippen LogP) is 4.17. The highest BCUT2D eigenvalue weighted by atomic mass is 32.2. The van der Waals surface area contributed by atoms with Crippen LogP contribution in [0.2, 0.25) is 0 Å². The number of halogens is 2. The van der Waals surface area contributed by atoms with Crippen molar-refractivity contribution in [3.05, 3.63) is 95.9 Å². The van der Waals surface area contributed by atoms with Crippen molar-refractivity contribution in [1.29, 1.82) is 0 Å². The summed E-state index contributed by atoms with van der Waals surface area (Å²) in [4.78, 5) is 16.5. The number of sulfonamides is 1. The molecule has 0 radical (unpaired) electrons. The molecule has 0 aliphatic carbocycles. The summed E-state index contributed by atoms with van der Waals surface area (Å²) < 4.78 is 63.8. The summed E-state index contributed by atoms with van der Waals surface area (Å²) in [5.74, 6) is -1.65. The second-order valence-corrected chi connectivity index (χ2v) is 8.38. The number of benzene rings is 3. The van der Waals surface area contributed by atoms with Crippen LogP contribution in [0.25, 0.3) is 11.4 Å². The van der Waals surface area contributed by atoms with Crippen molar-refractivity contribution in [1.82, 2.24) is 10.1 Å². The highest BCUT2D eigenvalue weighted by Gasteiger charge is 2.20. The van der Waals surface area contributed by atoms with Gasteiger partial charge < -0.3 is 9.26 Å². The van der Waals surface area contributed by atoms with E-state index in [9.17, 15) is 22.0 Å². The maximum absolute atomic E-state index is 13.1. The number of carbonyl (C=O) groups excluding carboxylic acids is 1. The minimum absolute atomic E-state index is 0.00736. The lowest BCUT2D eigenvalue weighted by Gasteiger charge is -2.12. The lowest BCUT2D eigenvalue weighted by molar-refractivity contribution is 0.0431. The molecule has 3 aromatic carbocycles. The number of para-hydroxylation sites is 1. The predicted molar refractivity (Wildman–Crippen MR) is 112 cm³/mol. The van der Waals surface area contributed by atoms with Crippen LogP contribution in [0.4, 0.5) is 14.5 Å². The maximum Gasteiger partial charge on any atom is 0.340 e. The molecule has 1 N–H and O–H groups in total. The van der Waals surface area contributed by atoms with E-state index in [0.29, 0.717) is 5.56 Å². The lowest BCUT2D eigenvalue weighted by atomic mass is 10.2. The molecule has 33 heavy (non-hydrogen) atoms.